The number of nitrogens with zero attached hydrogens (tertiary/aromatic N) is 1. The van der Waals surface area contributed by atoms with Crippen molar-refractivity contribution in [3.8, 4) is 0 Å². The molecule has 1 heterocycles. The maximum absolute atomic E-state index is 12.2. The Morgan fingerprint density at radius 3 is 2.78 bits per heavy atom. The zero-order valence-corrected chi connectivity index (χ0v) is 12.6. The summed E-state index contributed by atoms with van der Waals surface area (Å²) in [7, 11) is -1.37. The first-order valence-corrected chi connectivity index (χ1v) is 8.33. The fourth-order valence-corrected chi connectivity index (χ4v) is 3.64. The summed E-state index contributed by atoms with van der Waals surface area (Å²) in [6, 6.07) is 0. The summed E-state index contributed by atoms with van der Waals surface area (Å²) in [5.74, 6) is 0.821. The van der Waals surface area contributed by atoms with Crippen molar-refractivity contribution in [2.75, 3.05) is 33.2 Å². The van der Waals surface area contributed by atoms with Crippen molar-refractivity contribution in [3.63, 3.8) is 0 Å². The van der Waals surface area contributed by atoms with E-state index in [-0.39, 0.29) is 0 Å². The number of hydrogen-bond donors (Lipinski definition) is 2. The Bertz CT molecular complexity index is 330. The van der Waals surface area contributed by atoms with E-state index in [0.717, 1.165) is 25.8 Å². The van der Waals surface area contributed by atoms with Crippen LogP contribution in [-0.4, -0.2) is 45.9 Å². The van der Waals surface area contributed by atoms with Crippen molar-refractivity contribution in [1.82, 2.24) is 14.3 Å². The van der Waals surface area contributed by atoms with Gasteiger partial charge in [0, 0.05) is 19.6 Å². The highest BCUT2D eigenvalue weighted by molar-refractivity contribution is 7.87. The van der Waals surface area contributed by atoms with Gasteiger partial charge in [-0.25, -0.2) is 4.72 Å². The third-order valence-corrected chi connectivity index (χ3v) is 5.17. The summed E-state index contributed by atoms with van der Waals surface area (Å²) in [4.78, 5) is 0. The van der Waals surface area contributed by atoms with Gasteiger partial charge >= 0.3 is 0 Å². The largest absolute Gasteiger partial charge is 0.319 e. The Hall–Kier alpha value is -0.170. The highest BCUT2D eigenvalue weighted by Crippen LogP contribution is 2.18. The minimum absolute atomic E-state index is 0.387. The molecule has 2 N–H and O–H groups in total. The van der Waals surface area contributed by atoms with Crippen molar-refractivity contribution in [2.24, 2.45) is 11.8 Å². The molecule has 0 bridgehead atoms. The lowest BCUT2D eigenvalue weighted by atomic mass is 10.00. The van der Waals surface area contributed by atoms with E-state index in [9.17, 15) is 8.42 Å². The van der Waals surface area contributed by atoms with Crippen LogP contribution >= 0.6 is 0 Å². The molecule has 1 rings (SSSR count). The van der Waals surface area contributed by atoms with Crippen LogP contribution in [0, 0.1) is 11.8 Å². The normalized spacial score (nSPS) is 24.1. The molecule has 1 fully saturated rings. The van der Waals surface area contributed by atoms with Gasteiger partial charge in [0.05, 0.1) is 0 Å². The van der Waals surface area contributed by atoms with Gasteiger partial charge in [-0.05, 0) is 38.3 Å². The maximum atomic E-state index is 12.2. The van der Waals surface area contributed by atoms with Crippen LogP contribution in [0.1, 0.15) is 33.1 Å². The quantitative estimate of drug-likeness (QED) is 0.723. The Labute approximate surface area is 112 Å². The highest BCUT2D eigenvalue weighted by atomic mass is 32.2. The molecule has 0 aromatic heterocycles. The molecule has 0 radical (unpaired) electrons. The van der Waals surface area contributed by atoms with Crippen LogP contribution in [0.5, 0.6) is 0 Å². The third-order valence-electron chi connectivity index (χ3n) is 3.63. The highest BCUT2D eigenvalue weighted by Gasteiger charge is 2.28. The maximum Gasteiger partial charge on any atom is 0.279 e. The van der Waals surface area contributed by atoms with Crippen LogP contribution in [0.3, 0.4) is 0 Å². The first kappa shape index (κ1) is 15.9. The summed E-state index contributed by atoms with van der Waals surface area (Å²) >= 11 is 0. The SMILES string of the molecule is CCC(C)CNS(=O)(=O)N1CCCC(CNC)C1. The molecular formula is C12H27N3O2S. The van der Waals surface area contributed by atoms with Gasteiger partial charge in [0.25, 0.3) is 10.2 Å². The van der Waals surface area contributed by atoms with Gasteiger partial charge in [0.2, 0.25) is 0 Å². The van der Waals surface area contributed by atoms with Gasteiger partial charge in [-0.3, -0.25) is 0 Å². The van der Waals surface area contributed by atoms with Gasteiger partial charge in [0.1, 0.15) is 0 Å². The first-order chi connectivity index (χ1) is 8.49. The molecule has 0 saturated carbocycles. The molecule has 5 nitrogen and oxygen atoms in total. The van der Waals surface area contributed by atoms with Crippen molar-refractivity contribution >= 4 is 10.2 Å². The lowest BCUT2D eigenvalue weighted by Crippen LogP contribution is -2.48. The molecule has 0 aromatic rings. The monoisotopic (exact) mass is 277 g/mol. The van der Waals surface area contributed by atoms with Gasteiger partial charge in [-0.1, -0.05) is 20.3 Å². The van der Waals surface area contributed by atoms with Crippen molar-refractivity contribution < 1.29 is 8.42 Å². The number of piperidine rings is 1. The van der Waals surface area contributed by atoms with Gasteiger partial charge in [0.15, 0.2) is 0 Å². The Morgan fingerprint density at radius 2 is 2.17 bits per heavy atom. The second kappa shape index (κ2) is 7.43. The van der Waals surface area contributed by atoms with Crippen LogP contribution in [0.25, 0.3) is 0 Å². The lowest BCUT2D eigenvalue weighted by molar-refractivity contribution is 0.260. The van der Waals surface area contributed by atoms with Crippen molar-refractivity contribution in [1.29, 1.82) is 0 Å². The van der Waals surface area contributed by atoms with Crippen molar-refractivity contribution in [3.05, 3.63) is 0 Å². The fourth-order valence-electron chi connectivity index (χ4n) is 2.18. The molecule has 108 valence electrons. The number of nitrogens with one attached hydrogen (secondary N) is 2. The number of hydrogen-bond acceptors (Lipinski definition) is 3. The molecule has 2 atom stereocenters. The van der Waals surface area contributed by atoms with Gasteiger partial charge in [-0.2, -0.15) is 12.7 Å². The van der Waals surface area contributed by atoms with Gasteiger partial charge < -0.3 is 5.32 Å². The summed E-state index contributed by atoms with van der Waals surface area (Å²) in [5.41, 5.74) is 0. The van der Waals surface area contributed by atoms with Crippen molar-refractivity contribution in [2.45, 2.75) is 33.1 Å². The van der Waals surface area contributed by atoms with E-state index < -0.39 is 10.2 Å². The average Bonchev–Trinajstić information content (AvgIpc) is 2.37. The van der Waals surface area contributed by atoms with E-state index >= 15 is 0 Å². The summed E-state index contributed by atoms with van der Waals surface area (Å²) < 4.78 is 28.6. The van der Waals surface area contributed by atoms with Gasteiger partial charge in [-0.15, -0.1) is 0 Å². The second-order valence-corrected chi connectivity index (χ2v) is 7.05. The predicted octanol–water partition coefficient (Wildman–Crippen LogP) is 0.798. The molecule has 18 heavy (non-hydrogen) atoms. The Morgan fingerprint density at radius 1 is 1.44 bits per heavy atom. The Balaban J connectivity index is 2.50. The zero-order valence-electron chi connectivity index (χ0n) is 11.8. The molecule has 1 aliphatic heterocycles. The second-order valence-electron chi connectivity index (χ2n) is 5.29. The predicted molar refractivity (Wildman–Crippen MR) is 74.6 cm³/mol. The minimum Gasteiger partial charge on any atom is -0.319 e. The molecule has 0 spiro atoms. The lowest BCUT2D eigenvalue weighted by Gasteiger charge is -2.32. The molecule has 6 heteroatoms. The van der Waals surface area contributed by atoms with E-state index in [1.54, 1.807) is 4.31 Å². The van der Waals surface area contributed by atoms with Crippen LogP contribution in [0.2, 0.25) is 0 Å². The smallest absolute Gasteiger partial charge is 0.279 e. The summed E-state index contributed by atoms with van der Waals surface area (Å²) in [6.07, 6.45) is 3.06. The standard InChI is InChI=1S/C12H27N3O2S/c1-4-11(2)8-14-18(16,17)15-7-5-6-12(10-15)9-13-3/h11-14H,4-10H2,1-3H3. The first-order valence-electron chi connectivity index (χ1n) is 6.89. The molecule has 2 unspecified atom stereocenters. The fraction of sp³-hybridized carbons (Fsp3) is 1.00. The zero-order chi connectivity index (χ0) is 13.6. The molecule has 0 aromatic carbocycles. The number of rotatable bonds is 7. The molecule has 0 amide bonds. The van der Waals surface area contributed by atoms with Crippen LogP contribution < -0.4 is 10.0 Å². The van der Waals surface area contributed by atoms with Crippen LogP contribution in [0.4, 0.5) is 0 Å². The van der Waals surface area contributed by atoms with E-state index in [2.05, 4.69) is 23.9 Å². The average molecular weight is 277 g/mol. The molecular weight excluding hydrogens is 250 g/mol. The van der Waals surface area contributed by atoms with Crippen LogP contribution in [-0.2, 0) is 10.2 Å². The summed E-state index contributed by atoms with van der Waals surface area (Å²) in [5, 5.41) is 3.13. The topological polar surface area (TPSA) is 61.4 Å². The summed E-state index contributed by atoms with van der Waals surface area (Å²) in [6.45, 7) is 6.83. The minimum atomic E-state index is -3.28. The van der Waals surface area contributed by atoms with Crippen LogP contribution in [0.15, 0.2) is 0 Å². The molecule has 1 aliphatic rings. The van der Waals surface area contributed by atoms with E-state index in [1.807, 2.05) is 7.05 Å². The molecule has 1 saturated heterocycles. The Kier molecular flexibility index (Phi) is 6.55. The van der Waals surface area contributed by atoms with E-state index in [0.29, 0.717) is 31.5 Å². The third kappa shape index (κ3) is 4.84. The molecule has 0 aliphatic carbocycles. The van der Waals surface area contributed by atoms with E-state index in [1.165, 1.54) is 0 Å². The van der Waals surface area contributed by atoms with E-state index in [4.69, 9.17) is 0 Å².